The van der Waals surface area contributed by atoms with E-state index in [2.05, 4.69) is 44.8 Å². The van der Waals surface area contributed by atoms with Gasteiger partial charge < -0.3 is 10.2 Å². The topological polar surface area (TPSA) is 15.3 Å². The molecule has 0 amide bonds. The maximum atomic E-state index is 14.0. The largest absolute Gasteiger partial charge is 0.372 e. The van der Waals surface area contributed by atoms with Crippen LogP contribution in [0.1, 0.15) is 40.2 Å². The van der Waals surface area contributed by atoms with E-state index < -0.39 is 0 Å². The lowest BCUT2D eigenvalue weighted by molar-refractivity contribution is 0.418. The number of hydrogen-bond acceptors (Lipinski definition) is 2. The molecule has 0 unspecified atom stereocenters. The highest BCUT2D eigenvalue weighted by Gasteiger charge is 2.15. The quantitative estimate of drug-likeness (QED) is 0.862. The summed E-state index contributed by atoms with van der Waals surface area (Å²) >= 11 is 0. The first-order valence-electron chi connectivity index (χ1n) is 6.66. The monoisotopic (exact) mass is 252 g/mol. The number of nitrogens with one attached hydrogen (secondary N) is 1. The van der Waals surface area contributed by atoms with Gasteiger partial charge in [0, 0.05) is 36.4 Å². The molecule has 18 heavy (non-hydrogen) atoms. The van der Waals surface area contributed by atoms with E-state index in [1.54, 1.807) is 6.07 Å². The van der Waals surface area contributed by atoms with Crippen LogP contribution in [0.15, 0.2) is 18.2 Å². The Morgan fingerprint density at radius 2 is 1.78 bits per heavy atom. The van der Waals surface area contributed by atoms with Gasteiger partial charge in [-0.25, -0.2) is 4.39 Å². The molecule has 0 radical (unpaired) electrons. The Labute approximate surface area is 110 Å². The summed E-state index contributed by atoms with van der Waals surface area (Å²) in [6.45, 7) is 12.8. The van der Waals surface area contributed by atoms with Gasteiger partial charge in [-0.2, -0.15) is 0 Å². The van der Waals surface area contributed by atoms with Crippen LogP contribution in [0.3, 0.4) is 0 Å². The summed E-state index contributed by atoms with van der Waals surface area (Å²) in [5.41, 5.74) is 1.75. The second-order valence-corrected chi connectivity index (χ2v) is 5.51. The first-order chi connectivity index (χ1) is 8.39. The van der Waals surface area contributed by atoms with Crippen molar-refractivity contribution in [3.63, 3.8) is 0 Å². The Morgan fingerprint density at radius 3 is 2.28 bits per heavy atom. The van der Waals surface area contributed by atoms with E-state index in [1.807, 2.05) is 6.07 Å². The van der Waals surface area contributed by atoms with Crippen molar-refractivity contribution in [2.45, 2.75) is 46.7 Å². The Bertz CT molecular complexity index is 379. The van der Waals surface area contributed by atoms with Crippen molar-refractivity contribution in [1.29, 1.82) is 0 Å². The molecule has 0 saturated carbocycles. The first-order valence-corrected chi connectivity index (χ1v) is 6.66. The van der Waals surface area contributed by atoms with Crippen molar-refractivity contribution in [1.82, 2.24) is 5.32 Å². The number of nitrogens with zero attached hydrogens (tertiary/aromatic N) is 1. The van der Waals surface area contributed by atoms with Gasteiger partial charge in [-0.15, -0.1) is 0 Å². The van der Waals surface area contributed by atoms with Gasteiger partial charge in [-0.05, 0) is 46.8 Å². The molecule has 0 aliphatic heterocycles. The van der Waals surface area contributed by atoms with Crippen LogP contribution in [0.4, 0.5) is 10.1 Å². The average molecular weight is 252 g/mol. The molecule has 0 atom stereocenters. The van der Waals surface area contributed by atoms with Crippen molar-refractivity contribution in [3.05, 3.63) is 29.6 Å². The second-order valence-electron chi connectivity index (χ2n) is 5.51. The van der Waals surface area contributed by atoms with Crippen molar-refractivity contribution in [2.75, 3.05) is 18.0 Å². The normalized spacial score (nSPS) is 11.7. The summed E-state index contributed by atoms with van der Waals surface area (Å²) in [4.78, 5) is 2.18. The van der Waals surface area contributed by atoms with Crippen LogP contribution in [0, 0.1) is 5.82 Å². The van der Waals surface area contributed by atoms with Crippen molar-refractivity contribution >= 4 is 5.69 Å². The minimum absolute atomic E-state index is 0.0111. The SMILES string of the molecule is CCN(CC)c1cccc(F)c1CNC(C)(C)C. The zero-order valence-corrected chi connectivity index (χ0v) is 12.2. The minimum atomic E-state index is -0.129. The fourth-order valence-electron chi connectivity index (χ4n) is 1.94. The van der Waals surface area contributed by atoms with Crippen molar-refractivity contribution < 1.29 is 4.39 Å². The number of rotatable bonds is 5. The summed E-state index contributed by atoms with van der Waals surface area (Å²) in [6, 6.07) is 5.31. The molecule has 0 aliphatic rings. The lowest BCUT2D eigenvalue weighted by Gasteiger charge is -2.27. The Morgan fingerprint density at radius 1 is 1.17 bits per heavy atom. The van der Waals surface area contributed by atoms with E-state index in [1.165, 1.54) is 6.07 Å². The lowest BCUT2D eigenvalue weighted by atomic mass is 10.1. The molecular formula is C15H25FN2. The Balaban J connectivity index is 3.00. The molecule has 3 heteroatoms. The minimum Gasteiger partial charge on any atom is -0.372 e. The molecule has 0 aliphatic carbocycles. The predicted octanol–water partition coefficient (Wildman–Crippen LogP) is 3.56. The third kappa shape index (κ3) is 3.98. The molecule has 0 aromatic heterocycles. The Kier molecular flexibility index (Phi) is 5.15. The molecule has 1 aromatic rings. The van der Waals surface area contributed by atoms with Gasteiger partial charge in [0.15, 0.2) is 0 Å². The highest BCUT2D eigenvalue weighted by molar-refractivity contribution is 5.54. The standard InChI is InChI=1S/C15H25FN2/c1-6-18(7-2)14-10-8-9-13(16)12(14)11-17-15(3,4)5/h8-10,17H,6-7,11H2,1-5H3. The van der Waals surface area contributed by atoms with Crippen LogP contribution in [0.5, 0.6) is 0 Å². The van der Waals surface area contributed by atoms with Crippen molar-refractivity contribution in [2.24, 2.45) is 0 Å². The van der Waals surface area contributed by atoms with Gasteiger partial charge in [0.05, 0.1) is 0 Å². The van der Waals surface area contributed by atoms with Crippen molar-refractivity contribution in [3.8, 4) is 0 Å². The average Bonchev–Trinajstić information content (AvgIpc) is 2.28. The van der Waals surface area contributed by atoms with Gasteiger partial charge >= 0.3 is 0 Å². The molecule has 0 bridgehead atoms. The number of halogens is 1. The fraction of sp³-hybridized carbons (Fsp3) is 0.600. The zero-order valence-electron chi connectivity index (χ0n) is 12.2. The smallest absolute Gasteiger partial charge is 0.129 e. The first kappa shape index (κ1) is 15.0. The summed E-state index contributed by atoms with van der Waals surface area (Å²) in [6.07, 6.45) is 0. The van der Waals surface area contributed by atoms with Gasteiger partial charge in [0.2, 0.25) is 0 Å². The summed E-state index contributed by atoms with van der Waals surface area (Å²) < 4.78 is 14.0. The molecule has 0 fully saturated rings. The molecule has 0 spiro atoms. The molecule has 102 valence electrons. The van der Waals surface area contributed by atoms with Crippen LogP contribution in [0.25, 0.3) is 0 Å². The second kappa shape index (κ2) is 6.19. The molecule has 1 N–H and O–H groups in total. The van der Waals surface area contributed by atoms with E-state index >= 15 is 0 Å². The van der Waals surface area contributed by atoms with Crippen LogP contribution in [-0.4, -0.2) is 18.6 Å². The third-order valence-electron chi connectivity index (χ3n) is 2.99. The highest BCUT2D eigenvalue weighted by atomic mass is 19.1. The summed E-state index contributed by atoms with van der Waals surface area (Å²) in [5, 5.41) is 3.36. The van der Waals surface area contributed by atoms with E-state index in [-0.39, 0.29) is 11.4 Å². The maximum absolute atomic E-state index is 14.0. The molecule has 2 nitrogen and oxygen atoms in total. The van der Waals surface area contributed by atoms with Gasteiger partial charge in [0.25, 0.3) is 0 Å². The van der Waals surface area contributed by atoms with E-state index in [0.29, 0.717) is 6.54 Å². The third-order valence-corrected chi connectivity index (χ3v) is 2.99. The predicted molar refractivity (Wildman–Crippen MR) is 76.6 cm³/mol. The molecular weight excluding hydrogens is 227 g/mol. The van der Waals surface area contributed by atoms with E-state index in [0.717, 1.165) is 24.3 Å². The number of hydrogen-bond donors (Lipinski definition) is 1. The Hall–Kier alpha value is -1.09. The van der Waals surface area contributed by atoms with Gasteiger partial charge in [-0.1, -0.05) is 6.07 Å². The van der Waals surface area contributed by atoms with Gasteiger partial charge in [-0.3, -0.25) is 0 Å². The molecule has 0 saturated heterocycles. The van der Waals surface area contributed by atoms with Crippen LogP contribution in [0.2, 0.25) is 0 Å². The summed E-state index contributed by atoms with van der Waals surface area (Å²) in [5.74, 6) is -0.129. The molecule has 1 aromatic carbocycles. The van der Waals surface area contributed by atoms with Crippen LogP contribution in [-0.2, 0) is 6.54 Å². The van der Waals surface area contributed by atoms with E-state index in [4.69, 9.17) is 0 Å². The lowest BCUT2D eigenvalue weighted by Crippen LogP contribution is -2.36. The zero-order chi connectivity index (χ0) is 13.8. The van der Waals surface area contributed by atoms with E-state index in [9.17, 15) is 4.39 Å². The van der Waals surface area contributed by atoms with Crippen LogP contribution >= 0.6 is 0 Å². The fourth-order valence-corrected chi connectivity index (χ4v) is 1.94. The summed E-state index contributed by atoms with van der Waals surface area (Å²) in [7, 11) is 0. The number of benzene rings is 1. The highest BCUT2D eigenvalue weighted by Crippen LogP contribution is 2.23. The maximum Gasteiger partial charge on any atom is 0.129 e. The number of anilines is 1. The van der Waals surface area contributed by atoms with Crippen LogP contribution < -0.4 is 10.2 Å². The molecule has 0 heterocycles. The molecule has 1 rings (SSSR count). The van der Waals surface area contributed by atoms with Gasteiger partial charge in [0.1, 0.15) is 5.82 Å².